The minimum absolute atomic E-state index is 0.232. The number of carbonyl (C=O) groups excluding carboxylic acids is 1. The minimum Gasteiger partial charge on any atom is -0.465 e. The topological polar surface area (TPSA) is 39.2 Å². The van der Waals surface area contributed by atoms with Crippen molar-refractivity contribution in [3.63, 3.8) is 0 Å². The van der Waals surface area contributed by atoms with Crippen molar-refractivity contribution in [2.24, 2.45) is 0 Å². The number of aromatic nitrogens is 1. The van der Waals surface area contributed by atoms with Gasteiger partial charge in [-0.1, -0.05) is 36.4 Å². The van der Waals surface area contributed by atoms with Gasteiger partial charge in [-0.2, -0.15) is 0 Å². The van der Waals surface area contributed by atoms with Gasteiger partial charge in [-0.15, -0.1) is 0 Å². The zero-order valence-corrected chi connectivity index (χ0v) is 10.1. The predicted octanol–water partition coefficient (Wildman–Crippen LogP) is 2.41. The molecule has 0 radical (unpaired) electrons. The van der Waals surface area contributed by atoms with Gasteiger partial charge in [-0.05, 0) is 17.7 Å². The Hall–Kier alpha value is -2.16. The molecule has 0 N–H and O–H groups in total. The maximum absolute atomic E-state index is 11.5. The molecule has 0 atom stereocenters. The quantitative estimate of drug-likeness (QED) is 0.755. The van der Waals surface area contributed by atoms with Crippen molar-refractivity contribution in [1.29, 1.82) is 0 Å². The van der Waals surface area contributed by atoms with Gasteiger partial charge in [0.1, 0.15) is 0 Å². The summed E-state index contributed by atoms with van der Waals surface area (Å²) in [6, 6.07) is 15.5. The van der Waals surface area contributed by atoms with Crippen LogP contribution in [0, 0.1) is 0 Å². The van der Waals surface area contributed by atoms with Crippen LogP contribution in [0.2, 0.25) is 0 Å². The highest BCUT2D eigenvalue weighted by Crippen LogP contribution is 2.01. The predicted molar refractivity (Wildman–Crippen MR) is 69.0 cm³/mol. The molecule has 0 fully saturated rings. The Bertz CT molecular complexity index is 482. The first-order valence-corrected chi connectivity index (χ1v) is 5.94. The molecule has 0 spiro atoms. The van der Waals surface area contributed by atoms with Crippen LogP contribution >= 0.6 is 0 Å². The second-order valence-electron chi connectivity index (χ2n) is 3.95. The third-order valence-corrected chi connectivity index (χ3v) is 2.55. The first-order chi connectivity index (χ1) is 8.84. The van der Waals surface area contributed by atoms with E-state index in [4.69, 9.17) is 4.74 Å². The molecule has 0 aliphatic heterocycles. The van der Waals surface area contributed by atoms with E-state index >= 15 is 0 Å². The molecule has 18 heavy (non-hydrogen) atoms. The van der Waals surface area contributed by atoms with Crippen LogP contribution in [0.5, 0.6) is 0 Å². The van der Waals surface area contributed by atoms with E-state index in [1.54, 1.807) is 6.20 Å². The largest absolute Gasteiger partial charge is 0.465 e. The maximum Gasteiger partial charge on any atom is 0.311 e. The molecule has 0 unspecified atom stereocenters. The van der Waals surface area contributed by atoms with Crippen molar-refractivity contribution in [3.8, 4) is 0 Å². The van der Waals surface area contributed by atoms with Crippen LogP contribution in [0.3, 0.4) is 0 Å². The smallest absolute Gasteiger partial charge is 0.311 e. The summed E-state index contributed by atoms with van der Waals surface area (Å²) in [6.45, 7) is 0.412. The second kappa shape index (κ2) is 6.55. The van der Waals surface area contributed by atoms with Crippen molar-refractivity contribution in [2.75, 3.05) is 6.61 Å². The Kier molecular flexibility index (Phi) is 4.47. The van der Waals surface area contributed by atoms with E-state index < -0.39 is 0 Å². The lowest BCUT2D eigenvalue weighted by Crippen LogP contribution is -2.11. The summed E-state index contributed by atoms with van der Waals surface area (Å²) in [5.74, 6) is -0.232. The average molecular weight is 241 g/mol. The fourth-order valence-electron chi connectivity index (χ4n) is 1.63. The highest BCUT2D eigenvalue weighted by atomic mass is 16.5. The van der Waals surface area contributed by atoms with Gasteiger partial charge >= 0.3 is 5.97 Å². The highest BCUT2D eigenvalue weighted by Gasteiger charge is 2.05. The van der Waals surface area contributed by atoms with E-state index in [-0.39, 0.29) is 12.4 Å². The molecule has 3 heteroatoms. The van der Waals surface area contributed by atoms with Crippen molar-refractivity contribution >= 4 is 5.97 Å². The highest BCUT2D eigenvalue weighted by molar-refractivity contribution is 5.71. The van der Waals surface area contributed by atoms with Gasteiger partial charge in [0, 0.05) is 12.6 Å². The molecule has 0 aliphatic rings. The molecule has 1 aromatic carbocycles. The Balaban J connectivity index is 1.73. The first-order valence-electron chi connectivity index (χ1n) is 5.94. The number of hydrogen-bond acceptors (Lipinski definition) is 3. The zero-order chi connectivity index (χ0) is 12.6. The third-order valence-electron chi connectivity index (χ3n) is 2.55. The summed E-state index contributed by atoms with van der Waals surface area (Å²) >= 11 is 0. The molecule has 0 bridgehead atoms. The standard InChI is InChI=1S/C15H15NO2/c17-15(12-14-8-4-5-10-16-14)18-11-9-13-6-2-1-3-7-13/h1-8,10H,9,11-12H2. The molecule has 0 aliphatic carbocycles. The monoisotopic (exact) mass is 241 g/mol. The van der Waals surface area contributed by atoms with Crippen molar-refractivity contribution in [3.05, 3.63) is 66.0 Å². The van der Waals surface area contributed by atoms with Gasteiger partial charge in [0.15, 0.2) is 0 Å². The number of ether oxygens (including phenoxy) is 1. The van der Waals surface area contributed by atoms with Crippen LogP contribution in [-0.2, 0) is 22.4 Å². The summed E-state index contributed by atoms with van der Waals surface area (Å²) in [5.41, 5.74) is 1.91. The Morgan fingerprint density at radius 3 is 2.56 bits per heavy atom. The van der Waals surface area contributed by atoms with E-state index in [1.165, 1.54) is 5.56 Å². The summed E-state index contributed by atoms with van der Waals surface area (Å²) < 4.78 is 5.17. The molecule has 0 saturated carbocycles. The SMILES string of the molecule is O=C(Cc1ccccn1)OCCc1ccccc1. The van der Waals surface area contributed by atoms with Gasteiger partial charge in [0.25, 0.3) is 0 Å². The molecule has 1 aromatic heterocycles. The lowest BCUT2D eigenvalue weighted by Gasteiger charge is -2.04. The van der Waals surface area contributed by atoms with Gasteiger partial charge in [0.2, 0.25) is 0 Å². The number of nitrogens with zero attached hydrogens (tertiary/aromatic N) is 1. The van der Waals surface area contributed by atoms with Crippen molar-refractivity contribution < 1.29 is 9.53 Å². The van der Waals surface area contributed by atoms with E-state index in [0.29, 0.717) is 6.61 Å². The Labute approximate surface area is 106 Å². The first kappa shape index (κ1) is 12.3. The number of esters is 1. The molecular formula is C15H15NO2. The van der Waals surface area contributed by atoms with Crippen LogP contribution in [0.4, 0.5) is 0 Å². The lowest BCUT2D eigenvalue weighted by atomic mass is 10.2. The van der Waals surface area contributed by atoms with Crippen LogP contribution in [-0.4, -0.2) is 17.6 Å². The summed E-state index contributed by atoms with van der Waals surface area (Å²) in [7, 11) is 0. The Morgan fingerprint density at radius 1 is 1.06 bits per heavy atom. The van der Waals surface area contributed by atoms with Crippen LogP contribution < -0.4 is 0 Å². The third kappa shape index (κ3) is 4.01. The molecule has 3 nitrogen and oxygen atoms in total. The van der Waals surface area contributed by atoms with Gasteiger partial charge < -0.3 is 4.74 Å². The van der Waals surface area contributed by atoms with Gasteiger partial charge in [-0.3, -0.25) is 9.78 Å². The maximum atomic E-state index is 11.5. The number of pyridine rings is 1. The molecule has 92 valence electrons. The van der Waals surface area contributed by atoms with Gasteiger partial charge in [0.05, 0.1) is 18.7 Å². The van der Waals surface area contributed by atoms with E-state index in [2.05, 4.69) is 4.98 Å². The number of hydrogen-bond donors (Lipinski definition) is 0. The van der Waals surface area contributed by atoms with Gasteiger partial charge in [-0.25, -0.2) is 0 Å². The zero-order valence-electron chi connectivity index (χ0n) is 10.1. The summed E-state index contributed by atoms with van der Waals surface area (Å²) in [5, 5.41) is 0. The fourth-order valence-corrected chi connectivity index (χ4v) is 1.63. The molecular weight excluding hydrogens is 226 g/mol. The molecule has 0 saturated heterocycles. The lowest BCUT2D eigenvalue weighted by molar-refractivity contribution is -0.142. The Morgan fingerprint density at radius 2 is 1.83 bits per heavy atom. The van der Waals surface area contributed by atoms with Crippen LogP contribution in [0.25, 0.3) is 0 Å². The normalized spacial score (nSPS) is 10.0. The number of rotatable bonds is 5. The molecule has 0 amide bonds. The van der Waals surface area contributed by atoms with E-state index in [1.807, 2.05) is 48.5 Å². The van der Waals surface area contributed by atoms with Crippen molar-refractivity contribution in [2.45, 2.75) is 12.8 Å². The second-order valence-corrected chi connectivity index (χ2v) is 3.95. The fraction of sp³-hybridized carbons (Fsp3) is 0.200. The van der Waals surface area contributed by atoms with Crippen LogP contribution in [0.1, 0.15) is 11.3 Å². The summed E-state index contributed by atoms with van der Waals surface area (Å²) in [6.07, 6.45) is 2.65. The molecule has 2 rings (SSSR count). The number of carbonyl (C=O) groups is 1. The average Bonchev–Trinajstić information content (AvgIpc) is 2.41. The van der Waals surface area contributed by atoms with Crippen LogP contribution in [0.15, 0.2) is 54.7 Å². The van der Waals surface area contributed by atoms with E-state index in [0.717, 1.165) is 12.1 Å². The molecule has 2 aromatic rings. The van der Waals surface area contributed by atoms with Crippen molar-refractivity contribution in [1.82, 2.24) is 4.98 Å². The molecule has 1 heterocycles. The minimum atomic E-state index is -0.232. The summed E-state index contributed by atoms with van der Waals surface area (Å²) in [4.78, 5) is 15.6. The number of benzene rings is 1. The van der Waals surface area contributed by atoms with E-state index in [9.17, 15) is 4.79 Å².